The Bertz CT molecular complexity index is 631. The van der Waals surface area contributed by atoms with Gasteiger partial charge >= 0.3 is 0 Å². The van der Waals surface area contributed by atoms with E-state index in [-0.39, 0.29) is 5.41 Å². The van der Waals surface area contributed by atoms with Crippen molar-refractivity contribution in [2.45, 2.75) is 65.8 Å². The number of H-pyrrole nitrogens is 1. The fourth-order valence-electron chi connectivity index (χ4n) is 6.93. The third-order valence-corrected chi connectivity index (χ3v) is 6.57. The van der Waals surface area contributed by atoms with E-state index in [1.54, 1.807) is 0 Å². The zero-order valence-corrected chi connectivity index (χ0v) is 14.9. The summed E-state index contributed by atoms with van der Waals surface area (Å²) >= 11 is 0. The molecular formula is C19H29N3O. The lowest BCUT2D eigenvalue weighted by Gasteiger charge is -2.65. The second-order valence-corrected chi connectivity index (χ2v) is 9.58. The average molecular weight is 315 g/mol. The minimum Gasteiger partial charge on any atom is -0.345 e. The number of aromatic nitrogens is 2. The van der Waals surface area contributed by atoms with Gasteiger partial charge in [-0.15, -0.1) is 0 Å². The molecule has 1 heterocycles. The number of imidazole rings is 1. The molecule has 0 radical (unpaired) electrons. The third-order valence-electron chi connectivity index (χ3n) is 6.57. The van der Waals surface area contributed by atoms with E-state index < -0.39 is 0 Å². The molecule has 4 heteroatoms. The molecule has 2 atom stereocenters. The quantitative estimate of drug-likeness (QED) is 0.925. The highest BCUT2D eigenvalue weighted by molar-refractivity contribution is 5.83. The predicted octanol–water partition coefficient (Wildman–Crippen LogP) is 3.67. The van der Waals surface area contributed by atoms with E-state index in [4.69, 9.17) is 0 Å². The molecule has 4 aliphatic carbocycles. The van der Waals surface area contributed by atoms with Gasteiger partial charge in [-0.1, -0.05) is 13.8 Å². The van der Waals surface area contributed by atoms with Crippen molar-refractivity contribution in [2.75, 3.05) is 7.05 Å². The van der Waals surface area contributed by atoms with Gasteiger partial charge in [-0.25, -0.2) is 4.98 Å². The van der Waals surface area contributed by atoms with Crippen molar-refractivity contribution in [3.8, 4) is 0 Å². The Balaban J connectivity index is 1.58. The van der Waals surface area contributed by atoms with Gasteiger partial charge in [0.15, 0.2) is 0 Å². The largest absolute Gasteiger partial charge is 0.345 e. The van der Waals surface area contributed by atoms with Crippen LogP contribution in [0.3, 0.4) is 0 Å². The number of hydrogen-bond donors (Lipinski definition) is 1. The molecule has 0 spiro atoms. The molecule has 2 unspecified atom stereocenters. The molecular weight excluding hydrogens is 286 g/mol. The fraction of sp³-hybridized carbons (Fsp3) is 0.789. The summed E-state index contributed by atoms with van der Waals surface area (Å²) in [6.45, 7) is 7.44. The number of nitrogens with zero attached hydrogens (tertiary/aromatic N) is 2. The van der Waals surface area contributed by atoms with E-state index >= 15 is 0 Å². The summed E-state index contributed by atoms with van der Waals surface area (Å²) in [7, 11) is 1.95. The second-order valence-electron chi connectivity index (χ2n) is 9.58. The first-order valence-corrected chi connectivity index (χ1v) is 8.97. The molecule has 4 fully saturated rings. The Morgan fingerprint density at radius 3 is 2.43 bits per heavy atom. The van der Waals surface area contributed by atoms with Crippen LogP contribution < -0.4 is 0 Å². The van der Waals surface area contributed by atoms with Crippen molar-refractivity contribution < 1.29 is 4.79 Å². The smallest absolute Gasteiger partial charge is 0.228 e. The third kappa shape index (κ3) is 2.41. The van der Waals surface area contributed by atoms with Crippen molar-refractivity contribution in [3.63, 3.8) is 0 Å². The summed E-state index contributed by atoms with van der Waals surface area (Å²) < 4.78 is 0. The van der Waals surface area contributed by atoms with E-state index in [0.29, 0.717) is 23.3 Å². The zero-order chi connectivity index (χ0) is 16.5. The normalized spacial score (nSPS) is 41.3. The summed E-state index contributed by atoms with van der Waals surface area (Å²) in [5, 5.41) is 0. The maximum absolute atomic E-state index is 13.4. The van der Waals surface area contributed by atoms with E-state index in [0.717, 1.165) is 36.7 Å². The zero-order valence-electron chi connectivity index (χ0n) is 14.9. The molecule has 4 nitrogen and oxygen atoms in total. The Morgan fingerprint density at radius 2 is 1.91 bits per heavy atom. The average Bonchev–Trinajstić information content (AvgIpc) is 2.79. The van der Waals surface area contributed by atoms with Crippen LogP contribution in [0.5, 0.6) is 0 Å². The number of aryl methyl sites for hydroxylation is 1. The highest BCUT2D eigenvalue weighted by atomic mass is 16.2. The highest BCUT2D eigenvalue weighted by Crippen LogP contribution is 2.69. The lowest BCUT2D eigenvalue weighted by Crippen LogP contribution is -2.59. The Kier molecular flexibility index (Phi) is 3.05. The number of amides is 1. The Hall–Kier alpha value is -1.32. The number of aromatic amines is 1. The summed E-state index contributed by atoms with van der Waals surface area (Å²) in [5.41, 5.74) is 1.70. The van der Waals surface area contributed by atoms with Gasteiger partial charge in [0.1, 0.15) is 5.82 Å². The fourth-order valence-corrected chi connectivity index (χ4v) is 6.93. The summed E-state index contributed by atoms with van der Waals surface area (Å²) in [5.74, 6) is 2.00. The van der Waals surface area contributed by atoms with Crippen molar-refractivity contribution in [1.82, 2.24) is 14.9 Å². The molecule has 4 aliphatic rings. The number of hydrogen-bond acceptors (Lipinski definition) is 2. The van der Waals surface area contributed by atoms with Gasteiger partial charge in [0.05, 0.1) is 12.0 Å². The predicted molar refractivity (Wildman–Crippen MR) is 89.6 cm³/mol. The van der Waals surface area contributed by atoms with Crippen molar-refractivity contribution in [1.29, 1.82) is 0 Å². The molecule has 4 saturated carbocycles. The lowest BCUT2D eigenvalue weighted by atomic mass is 9.40. The van der Waals surface area contributed by atoms with Gasteiger partial charge in [-0.05, 0) is 62.2 Å². The van der Waals surface area contributed by atoms with Gasteiger partial charge in [0, 0.05) is 18.9 Å². The monoisotopic (exact) mass is 315 g/mol. The molecule has 23 heavy (non-hydrogen) atoms. The van der Waals surface area contributed by atoms with E-state index in [1.165, 1.54) is 19.3 Å². The van der Waals surface area contributed by atoms with E-state index in [1.807, 2.05) is 25.1 Å². The molecule has 4 bridgehead atoms. The molecule has 1 aromatic heterocycles. The van der Waals surface area contributed by atoms with Crippen LogP contribution in [0.4, 0.5) is 0 Å². The number of nitrogens with one attached hydrogen (secondary N) is 1. The van der Waals surface area contributed by atoms with Crippen LogP contribution in [0, 0.1) is 29.1 Å². The molecule has 1 aromatic rings. The molecule has 1 amide bonds. The van der Waals surface area contributed by atoms with Gasteiger partial charge in [-0.3, -0.25) is 4.79 Å². The first-order chi connectivity index (χ1) is 10.7. The van der Waals surface area contributed by atoms with Crippen molar-refractivity contribution in [3.05, 3.63) is 17.7 Å². The van der Waals surface area contributed by atoms with Crippen LogP contribution in [0.25, 0.3) is 0 Å². The van der Waals surface area contributed by atoms with E-state index in [2.05, 4.69) is 23.8 Å². The number of carbonyl (C=O) groups excluding carboxylic acids is 1. The SMILES string of the molecule is Cc1cnc(CN(C)C(=O)C23CC4CC(C)(CC(C)(C4)C2)C3)[nH]1. The first kappa shape index (κ1) is 15.2. The van der Waals surface area contributed by atoms with Gasteiger partial charge < -0.3 is 9.88 Å². The van der Waals surface area contributed by atoms with Gasteiger partial charge in [0.2, 0.25) is 5.91 Å². The Labute approximate surface area is 139 Å². The molecule has 0 aromatic carbocycles. The van der Waals surface area contributed by atoms with Crippen LogP contribution >= 0.6 is 0 Å². The number of rotatable bonds is 3. The van der Waals surface area contributed by atoms with Gasteiger partial charge in [0.25, 0.3) is 0 Å². The van der Waals surface area contributed by atoms with Crippen molar-refractivity contribution >= 4 is 5.91 Å². The summed E-state index contributed by atoms with van der Waals surface area (Å²) in [6, 6.07) is 0. The summed E-state index contributed by atoms with van der Waals surface area (Å²) in [6.07, 6.45) is 9.10. The molecule has 0 saturated heterocycles. The summed E-state index contributed by atoms with van der Waals surface area (Å²) in [4.78, 5) is 22.9. The first-order valence-electron chi connectivity index (χ1n) is 8.97. The van der Waals surface area contributed by atoms with Crippen LogP contribution in [0.15, 0.2) is 6.20 Å². The van der Waals surface area contributed by atoms with Crippen LogP contribution in [0.2, 0.25) is 0 Å². The van der Waals surface area contributed by atoms with Crippen molar-refractivity contribution in [2.24, 2.45) is 22.2 Å². The Morgan fingerprint density at radius 1 is 1.26 bits per heavy atom. The second kappa shape index (κ2) is 4.61. The molecule has 1 N–H and O–H groups in total. The van der Waals surface area contributed by atoms with E-state index in [9.17, 15) is 4.79 Å². The maximum Gasteiger partial charge on any atom is 0.228 e. The highest BCUT2D eigenvalue weighted by Gasteiger charge is 2.63. The van der Waals surface area contributed by atoms with Crippen LogP contribution in [0.1, 0.15) is 63.9 Å². The molecule has 126 valence electrons. The topological polar surface area (TPSA) is 49.0 Å². The minimum atomic E-state index is -0.112. The van der Waals surface area contributed by atoms with Crippen LogP contribution in [-0.2, 0) is 11.3 Å². The standard InChI is InChI=1S/C19H29N3O/c1-13-8-20-15(21-13)9-22(4)16(23)19-7-14-5-17(2,11-19)10-18(3,6-14)12-19/h8,14H,5-7,9-12H2,1-4H3,(H,20,21). The maximum atomic E-state index is 13.4. The van der Waals surface area contributed by atoms with Gasteiger partial charge in [-0.2, -0.15) is 0 Å². The lowest BCUT2D eigenvalue weighted by molar-refractivity contribution is -0.178. The number of carbonyl (C=O) groups is 1. The minimum absolute atomic E-state index is 0.112. The molecule has 5 rings (SSSR count). The molecule has 0 aliphatic heterocycles. The van der Waals surface area contributed by atoms with Crippen LogP contribution in [-0.4, -0.2) is 27.8 Å².